The quantitative estimate of drug-likeness (QED) is 0.225. The van der Waals surface area contributed by atoms with E-state index < -0.39 is 26.5 Å². The number of phosphoric acid groups is 2. The van der Waals surface area contributed by atoms with Gasteiger partial charge in [0.2, 0.25) is 0 Å². The average molecular weight is 598 g/mol. The molecule has 6 heterocycles. The van der Waals surface area contributed by atoms with Gasteiger partial charge in [0.25, 0.3) is 0 Å². The van der Waals surface area contributed by atoms with Crippen LogP contribution < -0.4 is 0 Å². The number of fused-ring (bicyclic) bond motifs is 6. The fraction of sp³-hybridized carbons (Fsp3) is 0.917. The Balaban J connectivity index is 1.20. The summed E-state index contributed by atoms with van der Waals surface area (Å²) in [6.45, 7) is 11.7. The minimum absolute atomic E-state index is 0.0599. The third kappa shape index (κ3) is 7.31. The molecule has 0 spiro atoms. The average Bonchev–Trinajstić information content (AvgIpc) is 2.92. The van der Waals surface area contributed by atoms with Crippen LogP contribution in [0, 0.1) is 22.7 Å². The van der Waals surface area contributed by atoms with Crippen LogP contribution in [0.5, 0.6) is 0 Å². The molecule has 0 N–H and O–H groups in total. The Morgan fingerprint density at radius 3 is 1.28 bits per heavy atom. The number of carbonyl (C=O) groups excluding carboxylic acids is 2. The predicted octanol–water partition coefficient (Wildman–Crippen LogP) is 3.57. The van der Waals surface area contributed by atoms with E-state index in [9.17, 15) is 18.7 Å². The van der Waals surface area contributed by atoms with Gasteiger partial charge in [-0.1, -0.05) is 20.8 Å². The molecule has 15 heteroatoms. The van der Waals surface area contributed by atoms with Crippen LogP contribution in [0.25, 0.3) is 0 Å². The highest BCUT2D eigenvalue weighted by Crippen LogP contribution is 2.60. The van der Waals surface area contributed by atoms with Crippen LogP contribution in [-0.2, 0) is 55.3 Å². The Labute approximate surface area is 229 Å². The van der Waals surface area contributed by atoms with E-state index in [0.29, 0.717) is 12.8 Å². The minimum atomic E-state index is -3.41. The van der Waals surface area contributed by atoms with Gasteiger partial charge in [-0.2, -0.15) is 0 Å². The van der Waals surface area contributed by atoms with Gasteiger partial charge in [-0.25, -0.2) is 9.13 Å². The Bertz CT molecular complexity index is 869. The fourth-order valence-corrected chi connectivity index (χ4v) is 8.34. The summed E-state index contributed by atoms with van der Waals surface area (Å²) in [5.41, 5.74) is -1.27. The Morgan fingerprint density at radius 2 is 1.00 bits per heavy atom. The monoisotopic (exact) mass is 597 g/mol. The molecule has 6 saturated heterocycles. The largest absolute Gasteiger partial charge is 0.474 e. The van der Waals surface area contributed by atoms with E-state index in [1.54, 1.807) is 0 Å². The molecular weight excluding hydrogens is 556 g/mol. The molecule has 224 valence electrons. The maximum Gasteiger partial charge on any atom is 0.474 e. The molecule has 0 aromatic heterocycles. The highest BCUT2D eigenvalue weighted by atomic mass is 31.2. The molecule has 6 aliphatic heterocycles. The smallest absolute Gasteiger partial charge is 0.465 e. The highest BCUT2D eigenvalue weighted by Gasteiger charge is 2.52. The third-order valence-corrected chi connectivity index (χ3v) is 10.6. The van der Waals surface area contributed by atoms with Crippen molar-refractivity contribution in [3.05, 3.63) is 0 Å². The van der Waals surface area contributed by atoms with E-state index >= 15 is 0 Å². The van der Waals surface area contributed by atoms with Crippen molar-refractivity contribution in [1.82, 2.24) is 4.90 Å². The first-order chi connectivity index (χ1) is 18.3. The summed E-state index contributed by atoms with van der Waals surface area (Å²) in [6, 6.07) is 0.120. The first-order valence-corrected chi connectivity index (χ1v) is 16.4. The molecule has 6 aliphatic rings. The van der Waals surface area contributed by atoms with E-state index in [0.717, 1.165) is 6.54 Å². The Morgan fingerprint density at radius 1 is 0.692 bits per heavy atom. The lowest BCUT2D eigenvalue weighted by Gasteiger charge is -2.43. The van der Waals surface area contributed by atoms with Crippen LogP contribution in [-0.4, -0.2) is 88.3 Å². The van der Waals surface area contributed by atoms with Crippen molar-refractivity contribution in [3.8, 4) is 0 Å². The lowest BCUT2D eigenvalue weighted by atomic mass is 9.92. The van der Waals surface area contributed by atoms with Crippen molar-refractivity contribution in [2.45, 2.75) is 59.5 Å². The molecule has 4 atom stereocenters. The van der Waals surface area contributed by atoms with E-state index in [-0.39, 0.29) is 88.7 Å². The number of phosphoric ester groups is 2. The summed E-state index contributed by atoms with van der Waals surface area (Å²) in [7, 11) is -6.83. The maximum absolute atomic E-state index is 12.8. The topological polar surface area (TPSA) is 145 Å². The zero-order valence-electron chi connectivity index (χ0n) is 23.3. The molecule has 6 rings (SSSR count). The van der Waals surface area contributed by atoms with Crippen LogP contribution in [0.1, 0.15) is 47.5 Å². The maximum atomic E-state index is 12.8. The zero-order chi connectivity index (χ0) is 28.5. The molecular formula is C24H41NO12P2. The van der Waals surface area contributed by atoms with Crippen LogP contribution in [0.2, 0.25) is 0 Å². The first-order valence-electron chi connectivity index (χ1n) is 13.5. The summed E-state index contributed by atoms with van der Waals surface area (Å²) in [5.74, 6) is -1.36. The van der Waals surface area contributed by atoms with Crippen molar-refractivity contribution >= 4 is 27.6 Å². The molecule has 0 aromatic carbocycles. The normalized spacial score (nSPS) is 36.8. The van der Waals surface area contributed by atoms with Crippen molar-refractivity contribution < 1.29 is 55.3 Å². The number of esters is 2. The number of hydrogen-bond donors (Lipinski definition) is 0. The van der Waals surface area contributed by atoms with Crippen molar-refractivity contribution in [3.63, 3.8) is 0 Å². The molecule has 0 radical (unpaired) electrons. The van der Waals surface area contributed by atoms with Gasteiger partial charge in [-0.3, -0.25) is 41.6 Å². The first kappa shape index (κ1) is 31.1. The molecule has 0 saturated carbocycles. The Hall–Kier alpha value is -0.880. The van der Waals surface area contributed by atoms with Crippen LogP contribution in [0.15, 0.2) is 0 Å². The minimum Gasteiger partial charge on any atom is -0.465 e. The molecule has 0 aliphatic carbocycles. The van der Waals surface area contributed by atoms with Gasteiger partial charge in [0.15, 0.2) is 0 Å². The van der Waals surface area contributed by atoms with Crippen LogP contribution >= 0.6 is 15.6 Å². The second-order valence-corrected chi connectivity index (χ2v) is 14.9. The van der Waals surface area contributed by atoms with Gasteiger partial charge in [0.05, 0.1) is 62.3 Å². The molecule has 39 heavy (non-hydrogen) atoms. The van der Waals surface area contributed by atoms with Crippen molar-refractivity contribution in [2.24, 2.45) is 22.7 Å². The summed E-state index contributed by atoms with van der Waals surface area (Å²) < 4.78 is 65.9. The summed E-state index contributed by atoms with van der Waals surface area (Å²) in [5, 5.41) is 0. The van der Waals surface area contributed by atoms with Gasteiger partial charge in [-0.15, -0.1) is 0 Å². The van der Waals surface area contributed by atoms with Gasteiger partial charge < -0.3 is 9.47 Å². The van der Waals surface area contributed by atoms with E-state index in [1.165, 1.54) is 0 Å². The molecule has 0 amide bonds. The van der Waals surface area contributed by atoms with Gasteiger partial charge in [0.1, 0.15) is 13.2 Å². The fourth-order valence-electron chi connectivity index (χ4n) is 5.30. The van der Waals surface area contributed by atoms with Crippen molar-refractivity contribution in [2.75, 3.05) is 59.4 Å². The summed E-state index contributed by atoms with van der Waals surface area (Å²) >= 11 is 0. The zero-order valence-corrected chi connectivity index (χ0v) is 25.1. The molecule has 6 fully saturated rings. The lowest BCUT2D eigenvalue weighted by molar-refractivity contribution is -0.164. The standard InChI is InChI=1S/C24H41NO12P2/c1-6-25(19(4)7-17(2)21(26)30-9-23-11-32-38(28,33-12-23)34-13-23)20(5)8-18(3)22(27)31-10-24-14-35-39(29,36-15-24)37-16-24/h17-20H,6-16H2,1-5H3. The summed E-state index contributed by atoms with van der Waals surface area (Å²) in [4.78, 5) is 27.8. The SMILES string of the molecule is CCN(C(C)CC(C)C(=O)OCC12COP(=O)(OC1)OC2)C(C)CC(C)C(=O)OCC12COP(=O)(OC1)OC2. The molecule has 13 nitrogen and oxygen atoms in total. The van der Waals surface area contributed by atoms with Crippen molar-refractivity contribution in [1.29, 1.82) is 0 Å². The number of nitrogens with zero attached hydrogens (tertiary/aromatic N) is 1. The van der Waals surface area contributed by atoms with E-state index in [1.807, 2.05) is 20.8 Å². The van der Waals surface area contributed by atoms with Gasteiger partial charge >= 0.3 is 27.6 Å². The van der Waals surface area contributed by atoms with E-state index in [2.05, 4.69) is 18.7 Å². The Kier molecular flexibility index (Phi) is 9.68. The molecule has 4 unspecified atom stereocenters. The predicted molar refractivity (Wildman–Crippen MR) is 137 cm³/mol. The third-order valence-electron chi connectivity index (χ3n) is 7.91. The van der Waals surface area contributed by atoms with Crippen LogP contribution in [0.4, 0.5) is 0 Å². The number of ether oxygens (including phenoxy) is 2. The lowest BCUT2D eigenvalue weighted by Crippen LogP contribution is -2.48. The van der Waals surface area contributed by atoms with Crippen LogP contribution in [0.3, 0.4) is 0 Å². The second kappa shape index (κ2) is 12.2. The molecule has 0 aromatic rings. The van der Waals surface area contributed by atoms with Gasteiger partial charge in [0, 0.05) is 12.1 Å². The number of rotatable bonds is 13. The summed E-state index contributed by atoms with van der Waals surface area (Å²) in [6.07, 6.45) is 1.15. The number of carbonyl (C=O) groups is 2. The van der Waals surface area contributed by atoms with Gasteiger partial charge in [-0.05, 0) is 33.2 Å². The highest BCUT2D eigenvalue weighted by molar-refractivity contribution is 7.48. The number of hydrogen-bond acceptors (Lipinski definition) is 13. The van der Waals surface area contributed by atoms with E-state index in [4.69, 9.17) is 36.6 Å². The second-order valence-electron chi connectivity index (χ2n) is 11.6. The molecule has 4 bridgehead atoms.